The Balaban J connectivity index is 0.00000200. The summed E-state index contributed by atoms with van der Waals surface area (Å²) in [6.07, 6.45) is 0. The highest BCUT2D eigenvalue weighted by Crippen LogP contribution is 2.26. The molecule has 20 heavy (non-hydrogen) atoms. The third-order valence-corrected chi connectivity index (χ3v) is 3.08. The Hall–Kier alpha value is -1.86. The largest absolute Gasteiger partial charge is 0.502 e. The molecule has 0 bridgehead atoms. The van der Waals surface area contributed by atoms with E-state index in [2.05, 4.69) is 5.32 Å². The number of nitro groups is 1. The minimum atomic E-state index is -0.684. The second kappa shape index (κ2) is 6.53. The molecule has 7 nitrogen and oxygen atoms in total. The lowest BCUT2D eigenvalue weighted by Gasteiger charge is -2.31. The molecule has 2 rings (SSSR count). The van der Waals surface area contributed by atoms with Crippen LogP contribution in [0.4, 0.5) is 5.69 Å². The fraction of sp³-hybridized carbons (Fsp3) is 0.417. The molecule has 8 heteroatoms. The molecule has 0 radical (unpaired) electrons. The Bertz CT molecular complexity index is 523. The molecule has 110 valence electrons. The number of hydrogen-bond acceptors (Lipinski definition) is 5. The molecule has 1 amide bonds. The standard InChI is InChI=1S/C12H15N3O4.ClH/c1-8-7-14(5-4-13-8)12(17)9-2-3-10(15(18)19)11(16)6-9;/h2-3,6,8,13,16H,4-5,7H2,1H3;1H/t8-;/m1./s1. The number of aromatic hydroxyl groups is 1. The molecule has 0 aliphatic carbocycles. The van der Waals surface area contributed by atoms with Crippen molar-refractivity contribution in [3.63, 3.8) is 0 Å². The molecule has 1 heterocycles. The third kappa shape index (κ3) is 3.37. The lowest BCUT2D eigenvalue weighted by atomic mass is 10.1. The number of phenolic OH excluding ortho intramolecular Hbond substituents is 1. The van der Waals surface area contributed by atoms with Crippen molar-refractivity contribution in [3.05, 3.63) is 33.9 Å². The summed E-state index contributed by atoms with van der Waals surface area (Å²) in [5.74, 6) is -0.711. The highest BCUT2D eigenvalue weighted by molar-refractivity contribution is 5.95. The van der Waals surface area contributed by atoms with Crippen LogP contribution in [0.3, 0.4) is 0 Å². The van der Waals surface area contributed by atoms with E-state index in [0.29, 0.717) is 19.6 Å². The Kier molecular flexibility index (Phi) is 5.29. The van der Waals surface area contributed by atoms with Crippen molar-refractivity contribution < 1.29 is 14.8 Å². The lowest BCUT2D eigenvalue weighted by molar-refractivity contribution is -0.385. The molecule has 0 aromatic heterocycles. The lowest BCUT2D eigenvalue weighted by Crippen LogP contribution is -2.51. The number of nitro benzene ring substituents is 1. The number of amides is 1. The topological polar surface area (TPSA) is 95.7 Å². The number of phenols is 1. The van der Waals surface area contributed by atoms with Gasteiger partial charge < -0.3 is 15.3 Å². The molecule has 1 fully saturated rings. The van der Waals surface area contributed by atoms with Crippen LogP contribution in [0.2, 0.25) is 0 Å². The van der Waals surface area contributed by atoms with Crippen LogP contribution in [0.25, 0.3) is 0 Å². The van der Waals surface area contributed by atoms with Gasteiger partial charge in [0.2, 0.25) is 0 Å². The maximum absolute atomic E-state index is 12.2. The number of piperazine rings is 1. The summed E-state index contributed by atoms with van der Waals surface area (Å²) in [6, 6.07) is 3.87. The van der Waals surface area contributed by atoms with Crippen LogP contribution >= 0.6 is 12.4 Å². The van der Waals surface area contributed by atoms with Crippen LogP contribution < -0.4 is 5.32 Å². The van der Waals surface area contributed by atoms with Crippen LogP contribution in [0.1, 0.15) is 17.3 Å². The molecule has 0 spiro atoms. The van der Waals surface area contributed by atoms with E-state index in [0.717, 1.165) is 12.1 Å². The summed E-state index contributed by atoms with van der Waals surface area (Å²) in [7, 11) is 0. The Morgan fingerprint density at radius 2 is 2.25 bits per heavy atom. The van der Waals surface area contributed by atoms with Crippen molar-refractivity contribution in [2.75, 3.05) is 19.6 Å². The average Bonchev–Trinajstić information content (AvgIpc) is 2.37. The van der Waals surface area contributed by atoms with Gasteiger partial charge in [-0.3, -0.25) is 14.9 Å². The third-order valence-electron chi connectivity index (χ3n) is 3.08. The van der Waals surface area contributed by atoms with Crippen LogP contribution in [0.5, 0.6) is 5.75 Å². The summed E-state index contributed by atoms with van der Waals surface area (Å²) < 4.78 is 0. The molecule has 0 saturated carbocycles. The summed E-state index contributed by atoms with van der Waals surface area (Å²) in [6.45, 7) is 3.86. The number of nitrogens with zero attached hydrogens (tertiary/aromatic N) is 2. The zero-order valence-corrected chi connectivity index (χ0v) is 11.7. The smallest absolute Gasteiger partial charge is 0.310 e. The van der Waals surface area contributed by atoms with Gasteiger partial charge in [-0.25, -0.2) is 0 Å². The number of carbonyl (C=O) groups excluding carboxylic acids is 1. The molecule has 1 saturated heterocycles. The van der Waals surface area contributed by atoms with E-state index >= 15 is 0 Å². The number of nitrogens with one attached hydrogen (secondary N) is 1. The number of hydrogen-bond donors (Lipinski definition) is 2. The number of carbonyl (C=O) groups is 1. The van der Waals surface area contributed by atoms with Crippen molar-refractivity contribution in [1.82, 2.24) is 10.2 Å². The molecule has 0 unspecified atom stereocenters. The van der Waals surface area contributed by atoms with Crippen LogP contribution in [-0.2, 0) is 0 Å². The first-order valence-corrected chi connectivity index (χ1v) is 5.99. The normalized spacial score (nSPS) is 18.2. The second-order valence-electron chi connectivity index (χ2n) is 4.57. The highest BCUT2D eigenvalue weighted by atomic mass is 35.5. The predicted octanol–water partition coefficient (Wildman–Crippen LogP) is 1.16. The monoisotopic (exact) mass is 301 g/mol. The van der Waals surface area contributed by atoms with Gasteiger partial charge in [0.15, 0.2) is 5.75 Å². The van der Waals surface area contributed by atoms with E-state index in [1.165, 1.54) is 6.07 Å². The first-order chi connectivity index (χ1) is 8.99. The predicted molar refractivity (Wildman–Crippen MR) is 75.4 cm³/mol. The van der Waals surface area contributed by atoms with E-state index in [4.69, 9.17) is 0 Å². The minimum absolute atomic E-state index is 0. The number of rotatable bonds is 2. The van der Waals surface area contributed by atoms with E-state index in [1.54, 1.807) is 4.90 Å². The van der Waals surface area contributed by atoms with Crippen molar-refractivity contribution in [2.45, 2.75) is 13.0 Å². The van der Waals surface area contributed by atoms with E-state index in [1.807, 2.05) is 6.92 Å². The number of benzene rings is 1. The van der Waals surface area contributed by atoms with Gasteiger partial charge >= 0.3 is 5.69 Å². The van der Waals surface area contributed by atoms with Gasteiger partial charge in [0, 0.05) is 37.3 Å². The zero-order valence-electron chi connectivity index (χ0n) is 10.9. The van der Waals surface area contributed by atoms with E-state index in [9.17, 15) is 20.0 Å². The van der Waals surface area contributed by atoms with Crippen molar-refractivity contribution in [3.8, 4) is 5.75 Å². The van der Waals surface area contributed by atoms with E-state index in [-0.39, 0.29) is 29.9 Å². The molecule has 1 aliphatic rings. The van der Waals surface area contributed by atoms with Crippen LogP contribution in [-0.4, -0.2) is 46.5 Å². The molecule has 1 aromatic carbocycles. The summed E-state index contributed by atoms with van der Waals surface area (Å²) in [5.41, 5.74) is -0.137. The Morgan fingerprint density at radius 3 is 2.80 bits per heavy atom. The van der Waals surface area contributed by atoms with Crippen LogP contribution in [0, 0.1) is 10.1 Å². The summed E-state index contributed by atoms with van der Waals surface area (Å²) in [4.78, 5) is 23.8. The Morgan fingerprint density at radius 1 is 1.55 bits per heavy atom. The molecule has 1 atom stereocenters. The maximum atomic E-state index is 12.2. The van der Waals surface area contributed by atoms with Gasteiger partial charge in [-0.05, 0) is 19.1 Å². The van der Waals surface area contributed by atoms with Gasteiger partial charge in [0.1, 0.15) is 0 Å². The van der Waals surface area contributed by atoms with Gasteiger partial charge in [0.05, 0.1) is 4.92 Å². The summed E-state index contributed by atoms with van der Waals surface area (Å²) in [5, 5.41) is 23.3. The molecule has 2 N–H and O–H groups in total. The molecular formula is C12H16ClN3O4. The molecular weight excluding hydrogens is 286 g/mol. The van der Waals surface area contributed by atoms with Gasteiger partial charge in [-0.1, -0.05) is 0 Å². The second-order valence-corrected chi connectivity index (χ2v) is 4.57. The average molecular weight is 302 g/mol. The van der Waals surface area contributed by atoms with Gasteiger partial charge in [-0.15, -0.1) is 12.4 Å². The molecule has 1 aromatic rings. The first kappa shape index (κ1) is 16.2. The first-order valence-electron chi connectivity index (χ1n) is 5.99. The minimum Gasteiger partial charge on any atom is -0.502 e. The quantitative estimate of drug-likeness (QED) is 0.631. The Labute approximate surface area is 122 Å². The van der Waals surface area contributed by atoms with Gasteiger partial charge in [0.25, 0.3) is 5.91 Å². The molecule has 1 aliphatic heterocycles. The van der Waals surface area contributed by atoms with Crippen LogP contribution in [0.15, 0.2) is 18.2 Å². The van der Waals surface area contributed by atoms with Crippen molar-refractivity contribution in [2.24, 2.45) is 0 Å². The SMILES string of the molecule is C[C@@H]1CN(C(=O)c2ccc([N+](=O)[O-])c(O)c2)CCN1.Cl. The fourth-order valence-corrected chi connectivity index (χ4v) is 2.11. The zero-order chi connectivity index (χ0) is 14.0. The summed E-state index contributed by atoms with van der Waals surface area (Å²) >= 11 is 0. The number of halogens is 1. The van der Waals surface area contributed by atoms with E-state index < -0.39 is 16.4 Å². The van der Waals surface area contributed by atoms with Gasteiger partial charge in [-0.2, -0.15) is 0 Å². The van der Waals surface area contributed by atoms with Crippen molar-refractivity contribution >= 4 is 24.0 Å². The van der Waals surface area contributed by atoms with Crippen molar-refractivity contribution in [1.29, 1.82) is 0 Å². The highest BCUT2D eigenvalue weighted by Gasteiger charge is 2.23. The fourth-order valence-electron chi connectivity index (χ4n) is 2.11. The maximum Gasteiger partial charge on any atom is 0.310 e.